The van der Waals surface area contributed by atoms with E-state index < -0.39 is 6.10 Å². The van der Waals surface area contributed by atoms with Crippen molar-refractivity contribution in [1.82, 2.24) is 9.88 Å². The van der Waals surface area contributed by atoms with Crippen molar-refractivity contribution in [3.05, 3.63) is 23.4 Å². The number of aliphatic hydroxyl groups excluding tert-OH is 1. The molecule has 0 spiro atoms. The van der Waals surface area contributed by atoms with E-state index in [4.69, 9.17) is 5.73 Å². The number of aromatic nitrogens is 1. The van der Waals surface area contributed by atoms with Crippen molar-refractivity contribution in [2.45, 2.75) is 25.9 Å². The molecule has 1 saturated heterocycles. The lowest BCUT2D eigenvalue weighted by atomic mass is 10.1. The number of hydrogen-bond acceptors (Lipinski definition) is 4. The molecule has 0 bridgehead atoms. The van der Waals surface area contributed by atoms with Crippen molar-refractivity contribution >= 4 is 11.7 Å². The first kappa shape index (κ1) is 11.9. The van der Waals surface area contributed by atoms with Gasteiger partial charge >= 0.3 is 0 Å². The first-order valence-corrected chi connectivity index (χ1v) is 5.84. The number of aliphatic hydroxyl groups is 1. The highest BCUT2D eigenvalue weighted by Gasteiger charge is 2.25. The Morgan fingerprint density at radius 1 is 1.65 bits per heavy atom. The minimum absolute atomic E-state index is 0.0784. The van der Waals surface area contributed by atoms with Gasteiger partial charge in [0.25, 0.3) is 5.91 Å². The van der Waals surface area contributed by atoms with Gasteiger partial charge in [-0.1, -0.05) is 6.92 Å². The summed E-state index contributed by atoms with van der Waals surface area (Å²) in [6, 6.07) is 3.36. The van der Waals surface area contributed by atoms with E-state index >= 15 is 0 Å². The van der Waals surface area contributed by atoms with E-state index in [2.05, 4.69) is 4.98 Å². The first-order valence-electron chi connectivity index (χ1n) is 5.84. The van der Waals surface area contributed by atoms with E-state index in [0.29, 0.717) is 30.9 Å². The lowest BCUT2D eigenvalue weighted by Crippen LogP contribution is -2.29. The van der Waals surface area contributed by atoms with Crippen molar-refractivity contribution in [3.8, 4) is 0 Å². The summed E-state index contributed by atoms with van der Waals surface area (Å²) in [6.07, 6.45) is 0.990. The minimum Gasteiger partial charge on any atom is -0.391 e. The molecule has 1 atom stereocenters. The highest BCUT2D eigenvalue weighted by Crippen LogP contribution is 2.15. The number of anilines is 1. The van der Waals surface area contributed by atoms with Gasteiger partial charge in [-0.25, -0.2) is 4.98 Å². The molecule has 1 fully saturated rings. The van der Waals surface area contributed by atoms with Gasteiger partial charge in [0, 0.05) is 24.3 Å². The molecule has 2 rings (SSSR count). The number of likely N-dealkylation sites (tertiary alicyclic amines) is 1. The van der Waals surface area contributed by atoms with Crippen LogP contribution < -0.4 is 5.73 Å². The Bertz CT molecular complexity index is 434. The Hall–Kier alpha value is -1.62. The van der Waals surface area contributed by atoms with E-state index in [1.165, 1.54) is 0 Å². The van der Waals surface area contributed by atoms with Crippen LogP contribution in [0.3, 0.4) is 0 Å². The van der Waals surface area contributed by atoms with Crippen molar-refractivity contribution < 1.29 is 9.90 Å². The Morgan fingerprint density at radius 3 is 3.00 bits per heavy atom. The van der Waals surface area contributed by atoms with Gasteiger partial charge in [0.1, 0.15) is 5.82 Å². The summed E-state index contributed by atoms with van der Waals surface area (Å²) in [5.41, 5.74) is 7.04. The zero-order valence-electron chi connectivity index (χ0n) is 9.89. The predicted molar refractivity (Wildman–Crippen MR) is 64.6 cm³/mol. The molecule has 1 unspecified atom stereocenters. The number of amides is 1. The number of pyridine rings is 1. The van der Waals surface area contributed by atoms with Gasteiger partial charge in [-0.3, -0.25) is 4.79 Å². The molecule has 1 aliphatic rings. The molecule has 0 aromatic carbocycles. The van der Waals surface area contributed by atoms with Crippen LogP contribution in [0, 0.1) is 0 Å². The topological polar surface area (TPSA) is 79.5 Å². The number of nitrogens with zero attached hydrogens (tertiary/aromatic N) is 2. The molecule has 92 valence electrons. The summed E-state index contributed by atoms with van der Waals surface area (Å²) in [4.78, 5) is 17.9. The van der Waals surface area contributed by atoms with Crippen LogP contribution in [-0.4, -0.2) is 40.1 Å². The zero-order valence-corrected chi connectivity index (χ0v) is 9.89. The van der Waals surface area contributed by atoms with Gasteiger partial charge in [-0.2, -0.15) is 0 Å². The predicted octanol–water partition coefficient (Wildman–Crippen LogP) is 0.433. The van der Waals surface area contributed by atoms with Gasteiger partial charge in [-0.05, 0) is 25.0 Å². The fraction of sp³-hybridized carbons (Fsp3) is 0.500. The quantitative estimate of drug-likeness (QED) is 0.779. The highest BCUT2D eigenvalue weighted by molar-refractivity contribution is 5.95. The van der Waals surface area contributed by atoms with Crippen LogP contribution in [0.5, 0.6) is 0 Å². The molecular formula is C12H17N3O2. The molecule has 5 nitrogen and oxygen atoms in total. The molecule has 3 N–H and O–H groups in total. The lowest BCUT2D eigenvalue weighted by molar-refractivity contribution is 0.0765. The average molecular weight is 235 g/mol. The van der Waals surface area contributed by atoms with Gasteiger partial charge < -0.3 is 15.7 Å². The van der Waals surface area contributed by atoms with Crippen molar-refractivity contribution in [2.24, 2.45) is 0 Å². The van der Waals surface area contributed by atoms with E-state index in [-0.39, 0.29) is 5.91 Å². The molecule has 5 heteroatoms. The van der Waals surface area contributed by atoms with Crippen LogP contribution >= 0.6 is 0 Å². The molecular weight excluding hydrogens is 218 g/mol. The second-order valence-electron chi connectivity index (χ2n) is 4.32. The maximum Gasteiger partial charge on any atom is 0.254 e. The maximum absolute atomic E-state index is 12.1. The fourth-order valence-corrected chi connectivity index (χ4v) is 2.02. The number of hydrogen-bond donors (Lipinski definition) is 2. The Balaban J connectivity index is 2.21. The average Bonchev–Trinajstić information content (AvgIpc) is 2.74. The molecule has 1 aliphatic heterocycles. The number of carbonyl (C=O) groups is 1. The van der Waals surface area contributed by atoms with Crippen molar-refractivity contribution in [1.29, 1.82) is 0 Å². The smallest absolute Gasteiger partial charge is 0.254 e. The highest BCUT2D eigenvalue weighted by atomic mass is 16.3. The van der Waals surface area contributed by atoms with Crippen LogP contribution in [0.1, 0.15) is 29.4 Å². The number of nitrogen functional groups attached to an aromatic ring is 1. The normalized spacial score (nSPS) is 19.6. The first-order chi connectivity index (χ1) is 8.10. The SMILES string of the molecule is CCc1cc(C(=O)N2CCC(O)C2)cc(N)n1. The van der Waals surface area contributed by atoms with Gasteiger partial charge in [-0.15, -0.1) is 0 Å². The van der Waals surface area contributed by atoms with Crippen molar-refractivity contribution in [2.75, 3.05) is 18.8 Å². The lowest BCUT2D eigenvalue weighted by Gasteiger charge is -2.16. The maximum atomic E-state index is 12.1. The number of carbonyl (C=O) groups excluding carboxylic acids is 1. The summed E-state index contributed by atoms with van der Waals surface area (Å²) in [7, 11) is 0. The summed E-state index contributed by atoms with van der Waals surface area (Å²) in [5, 5.41) is 9.42. The molecule has 0 radical (unpaired) electrons. The third-order valence-electron chi connectivity index (χ3n) is 2.96. The largest absolute Gasteiger partial charge is 0.391 e. The molecule has 1 amide bonds. The standard InChI is InChI=1S/C12H17N3O2/c1-2-9-5-8(6-11(13)14-9)12(17)15-4-3-10(16)7-15/h5-6,10,16H,2-4,7H2,1H3,(H2,13,14). The van der Waals surface area contributed by atoms with Gasteiger partial charge in [0.2, 0.25) is 0 Å². The summed E-state index contributed by atoms with van der Waals surface area (Å²) >= 11 is 0. The van der Waals surface area contributed by atoms with Crippen LogP contribution in [-0.2, 0) is 6.42 Å². The van der Waals surface area contributed by atoms with E-state index in [9.17, 15) is 9.90 Å². The summed E-state index contributed by atoms with van der Waals surface area (Å²) in [6.45, 7) is 2.97. The Labute approximate surface area is 100 Å². The van der Waals surface area contributed by atoms with E-state index in [0.717, 1.165) is 12.1 Å². The van der Waals surface area contributed by atoms with Gasteiger partial charge in [0.15, 0.2) is 0 Å². The number of rotatable bonds is 2. The zero-order chi connectivity index (χ0) is 12.4. The molecule has 0 saturated carbocycles. The number of aryl methyl sites for hydroxylation is 1. The van der Waals surface area contributed by atoms with E-state index in [1.54, 1.807) is 17.0 Å². The number of β-amino-alcohol motifs (C(OH)–C–C–N with tert-alkyl or cyclic N) is 1. The van der Waals surface area contributed by atoms with E-state index in [1.807, 2.05) is 6.92 Å². The number of nitrogens with two attached hydrogens (primary N) is 1. The van der Waals surface area contributed by atoms with Crippen molar-refractivity contribution in [3.63, 3.8) is 0 Å². The van der Waals surface area contributed by atoms with Crippen LogP contribution in [0.15, 0.2) is 12.1 Å². The fourth-order valence-electron chi connectivity index (χ4n) is 2.02. The molecule has 0 aliphatic carbocycles. The molecule has 1 aromatic heterocycles. The molecule has 17 heavy (non-hydrogen) atoms. The third kappa shape index (κ3) is 2.55. The Kier molecular flexibility index (Phi) is 3.28. The monoisotopic (exact) mass is 235 g/mol. The second-order valence-corrected chi connectivity index (χ2v) is 4.32. The van der Waals surface area contributed by atoms with Crippen LogP contribution in [0.25, 0.3) is 0 Å². The van der Waals surface area contributed by atoms with Crippen LogP contribution in [0.4, 0.5) is 5.82 Å². The van der Waals surface area contributed by atoms with Crippen LogP contribution in [0.2, 0.25) is 0 Å². The molecule has 2 heterocycles. The Morgan fingerprint density at radius 2 is 2.41 bits per heavy atom. The minimum atomic E-state index is -0.399. The third-order valence-corrected chi connectivity index (χ3v) is 2.96. The summed E-state index contributed by atoms with van der Waals surface area (Å²) in [5.74, 6) is 0.290. The summed E-state index contributed by atoms with van der Waals surface area (Å²) < 4.78 is 0. The molecule has 1 aromatic rings. The second kappa shape index (κ2) is 4.71. The van der Waals surface area contributed by atoms with Gasteiger partial charge in [0.05, 0.1) is 6.10 Å².